The van der Waals surface area contributed by atoms with Crippen LogP contribution in [0.3, 0.4) is 0 Å². The van der Waals surface area contributed by atoms with E-state index in [9.17, 15) is 8.42 Å². The van der Waals surface area contributed by atoms with Gasteiger partial charge in [-0.15, -0.1) is 0 Å². The largest absolute Gasteiger partial charge is 0.457 e. The van der Waals surface area contributed by atoms with Crippen molar-refractivity contribution in [2.75, 3.05) is 17.2 Å². The summed E-state index contributed by atoms with van der Waals surface area (Å²) in [5.74, 6) is 1.30. The Hall–Kier alpha value is -3.06. The molecule has 128 valence electrons. The number of sulfonamides is 1. The van der Waals surface area contributed by atoms with Crippen LogP contribution in [0.1, 0.15) is 0 Å². The lowest BCUT2D eigenvalue weighted by molar-refractivity contribution is -0.647. The van der Waals surface area contributed by atoms with Gasteiger partial charge in [-0.1, -0.05) is 22.9 Å². The molecule has 2 N–H and O–H groups in total. The molecule has 1 heterocycles. The van der Waals surface area contributed by atoms with Gasteiger partial charge in [-0.2, -0.15) is 5.43 Å². The second-order valence-electron chi connectivity index (χ2n) is 5.21. The van der Waals surface area contributed by atoms with Crippen LogP contribution in [0.25, 0.3) is 0 Å². The molecule has 7 heteroatoms. The summed E-state index contributed by atoms with van der Waals surface area (Å²) in [7, 11) is -1.78. The lowest BCUT2D eigenvalue weighted by Crippen LogP contribution is -2.41. The molecular formula is C18H18N3O3S+. The number of nitrogens with zero attached hydrogens (tertiary/aromatic N) is 1. The van der Waals surface area contributed by atoms with Crippen LogP contribution in [0.2, 0.25) is 0 Å². The van der Waals surface area contributed by atoms with Crippen LogP contribution in [0.5, 0.6) is 11.5 Å². The van der Waals surface area contributed by atoms with Gasteiger partial charge in [0.05, 0.1) is 11.9 Å². The second-order valence-corrected chi connectivity index (χ2v) is 6.89. The highest BCUT2D eigenvalue weighted by molar-refractivity contribution is 7.92. The van der Waals surface area contributed by atoms with Crippen molar-refractivity contribution in [3.8, 4) is 11.5 Å². The van der Waals surface area contributed by atoms with Crippen LogP contribution < -0.4 is 19.6 Å². The predicted octanol–water partition coefficient (Wildman–Crippen LogP) is 2.74. The maximum absolute atomic E-state index is 12.3. The molecule has 0 spiro atoms. The first-order valence-electron chi connectivity index (χ1n) is 7.62. The summed E-state index contributed by atoms with van der Waals surface area (Å²) in [6.45, 7) is 0. The average molecular weight is 356 g/mol. The fourth-order valence-electron chi connectivity index (χ4n) is 2.17. The van der Waals surface area contributed by atoms with Crippen molar-refractivity contribution in [3.63, 3.8) is 0 Å². The van der Waals surface area contributed by atoms with Gasteiger partial charge in [0.1, 0.15) is 11.5 Å². The van der Waals surface area contributed by atoms with E-state index in [1.165, 1.54) is 0 Å². The van der Waals surface area contributed by atoms with E-state index < -0.39 is 10.0 Å². The molecule has 0 aliphatic carbocycles. The minimum atomic E-state index is -3.59. The van der Waals surface area contributed by atoms with Crippen molar-refractivity contribution < 1.29 is 17.8 Å². The fraction of sp³-hybridized carbons (Fsp3) is 0.0556. The van der Waals surface area contributed by atoms with Gasteiger partial charge in [0.25, 0.3) is 10.0 Å². The third kappa shape index (κ3) is 4.27. The third-order valence-electron chi connectivity index (χ3n) is 3.45. The molecule has 3 rings (SSSR count). The number of ether oxygens (including phenoxy) is 1. The van der Waals surface area contributed by atoms with E-state index in [1.54, 1.807) is 59.3 Å². The molecule has 0 aliphatic rings. The van der Waals surface area contributed by atoms with Gasteiger partial charge in [-0.25, -0.2) is 8.42 Å². The molecule has 0 radical (unpaired) electrons. The molecule has 3 aromatic rings. The highest BCUT2D eigenvalue weighted by Gasteiger charge is 2.13. The first kappa shape index (κ1) is 16.8. The lowest BCUT2D eigenvalue weighted by atomic mass is 10.3. The average Bonchev–Trinajstić information content (AvgIpc) is 2.64. The number of nitrogens with one attached hydrogen (secondary N) is 2. The number of rotatable bonds is 6. The Balaban J connectivity index is 1.69. The highest BCUT2D eigenvalue weighted by atomic mass is 32.2. The normalized spacial score (nSPS) is 10.9. The molecule has 6 nitrogen and oxygen atoms in total. The minimum absolute atomic E-state index is 0.220. The minimum Gasteiger partial charge on any atom is -0.457 e. The quantitative estimate of drug-likeness (QED) is 0.666. The van der Waals surface area contributed by atoms with Crippen LogP contribution in [-0.2, 0) is 10.0 Å². The lowest BCUT2D eigenvalue weighted by Gasteiger charge is -2.09. The number of pyridine rings is 1. The zero-order valence-corrected chi connectivity index (χ0v) is 14.4. The molecule has 0 saturated carbocycles. The van der Waals surface area contributed by atoms with Crippen LogP contribution in [0.15, 0.2) is 84.0 Å². The SMILES string of the molecule is CN[n+]1ccc(Oc2ccc(NS(=O)(=O)c3ccccc3)cc2)cc1. The zero-order valence-electron chi connectivity index (χ0n) is 13.6. The number of hydrogen-bond acceptors (Lipinski definition) is 4. The Morgan fingerprint density at radius 1 is 0.840 bits per heavy atom. The number of hydrogen-bond donors (Lipinski definition) is 2. The maximum Gasteiger partial charge on any atom is 0.261 e. The summed E-state index contributed by atoms with van der Waals surface area (Å²) in [6, 6.07) is 18.6. The molecule has 0 unspecified atom stereocenters. The molecule has 0 atom stereocenters. The molecule has 1 aromatic heterocycles. The summed E-state index contributed by atoms with van der Waals surface area (Å²) in [6.07, 6.45) is 3.66. The molecule has 25 heavy (non-hydrogen) atoms. The van der Waals surface area contributed by atoms with Crippen LogP contribution in [0, 0.1) is 0 Å². The summed E-state index contributed by atoms with van der Waals surface area (Å²) in [5.41, 5.74) is 3.43. The van der Waals surface area contributed by atoms with Crippen LogP contribution in [0.4, 0.5) is 5.69 Å². The van der Waals surface area contributed by atoms with E-state index in [0.717, 1.165) is 0 Å². The first-order valence-corrected chi connectivity index (χ1v) is 9.10. The zero-order chi connectivity index (χ0) is 17.7. The third-order valence-corrected chi connectivity index (χ3v) is 4.85. The Kier molecular flexibility index (Phi) is 4.85. The summed E-state index contributed by atoms with van der Waals surface area (Å²) in [4.78, 5) is 0.220. The highest BCUT2D eigenvalue weighted by Crippen LogP contribution is 2.23. The molecular weight excluding hydrogens is 338 g/mol. The predicted molar refractivity (Wildman–Crippen MR) is 95.7 cm³/mol. The molecule has 0 aliphatic heterocycles. The van der Waals surface area contributed by atoms with Gasteiger partial charge in [0.2, 0.25) is 12.4 Å². The number of anilines is 1. The summed E-state index contributed by atoms with van der Waals surface area (Å²) in [5, 5.41) is 0. The first-order chi connectivity index (χ1) is 12.1. The van der Waals surface area contributed by atoms with Gasteiger partial charge in [0, 0.05) is 17.8 Å². The fourth-order valence-corrected chi connectivity index (χ4v) is 3.25. The van der Waals surface area contributed by atoms with Crippen LogP contribution in [-0.4, -0.2) is 15.5 Å². The van der Waals surface area contributed by atoms with Crippen molar-refractivity contribution in [1.82, 2.24) is 0 Å². The van der Waals surface area contributed by atoms with Crippen molar-refractivity contribution in [2.24, 2.45) is 0 Å². The number of aromatic nitrogens is 1. The van der Waals surface area contributed by atoms with Gasteiger partial charge in [0.15, 0.2) is 0 Å². The van der Waals surface area contributed by atoms with E-state index in [0.29, 0.717) is 17.2 Å². The van der Waals surface area contributed by atoms with Gasteiger partial charge in [-0.3, -0.25) is 4.72 Å². The standard InChI is InChI=1S/C18H18N3O3S/c1-19-21-13-11-17(12-14-21)24-16-9-7-15(8-10-16)20-25(22,23)18-5-3-2-4-6-18/h2-14,19-20H,1H3/q+1. The van der Waals surface area contributed by atoms with Gasteiger partial charge in [-0.05, 0) is 36.4 Å². The summed E-state index contributed by atoms with van der Waals surface area (Å²) < 4.78 is 34.6. The van der Waals surface area contributed by atoms with Crippen molar-refractivity contribution in [3.05, 3.63) is 79.1 Å². The molecule has 2 aromatic carbocycles. The molecule has 0 saturated heterocycles. The van der Waals surface area contributed by atoms with E-state index in [1.807, 2.05) is 31.6 Å². The summed E-state index contributed by atoms with van der Waals surface area (Å²) >= 11 is 0. The second kappa shape index (κ2) is 7.23. The number of benzene rings is 2. The van der Waals surface area contributed by atoms with E-state index in [2.05, 4.69) is 10.1 Å². The Labute approximate surface area is 146 Å². The molecule has 0 amide bonds. The monoisotopic (exact) mass is 356 g/mol. The smallest absolute Gasteiger partial charge is 0.261 e. The Bertz CT molecular complexity index is 926. The topological polar surface area (TPSA) is 71.3 Å². The Morgan fingerprint density at radius 2 is 1.44 bits per heavy atom. The van der Waals surface area contributed by atoms with Crippen LogP contribution >= 0.6 is 0 Å². The van der Waals surface area contributed by atoms with Gasteiger partial charge >= 0.3 is 0 Å². The maximum atomic E-state index is 12.3. The van der Waals surface area contributed by atoms with Crippen molar-refractivity contribution in [1.29, 1.82) is 0 Å². The van der Waals surface area contributed by atoms with Crippen molar-refractivity contribution in [2.45, 2.75) is 4.90 Å². The Morgan fingerprint density at radius 3 is 2.04 bits per heavy atom. The molecule has 0 bridgehead atoms. The van der Waals surface area contributed by atoms with Gasteiger partial charge < -0.3 is 4.74 Å². The molecule has 0 fully saturated rings. The van der Waals surface area contributed by atoms with E-state index >= 15 is 0 Å². The van der Waals surface area contributed by atoms with E-state index in [-0.39, 0.29) is 4.90 Å². The van der Waals surface area contributed by atoms with Crippen molar-refractivity contribution >= 4 is 15.7 Å². The van der Waals surface area contributed by atoms with E-state index in [4.69, 9.17) is 4.74 Å².